The third-order valence-electron chi connectivity index (χ3n) is 4.80. The number of hydrogen-bond acceptors (Lipinski definition) is 4. The van der Waals surface area contributed by atoms with Crippen LogP contribution in [0.4, 0.5) is 5.69 Å². The first-order chi connectivity index (χ1) is 12.2. The van der Waals surface area contributed by atoms with E-state index in [9.17, 15) is 0 Å². The summed E-state index contributed by atoms with van der Waals surface area (Å²) in [4.78, 5) is 11.5. The van der Waals surface area contributed by atoms with E-state index in [2.05, 4.69) is 31.8 Å². The molecule has 0 aliphatic carbocycles. The van der Waals surface area contributed by atoms with Crippen molar-refractivity contribution < 1.29 is 4.74 Å². The summed E-state index contributed by atoms with van der Waals surface area (Å²) >= 11 is 5.96. The lowest BCUT2D eigenvalue weighted by atomic mass is 10.2. The Bertz CT molecular complexity index is 549. The average Bonchev–Trinajstić information content (AvgIpc) is 2.91. The molecule has 2 heterocycles. The second kappa shape index (κ2) is 9.27. The van der Waals surface area contributed by atoms with E-state index >= 15 is 0 Å². The van der Waals surface area contributed by atoms with Gasteiger partial charge in [-0.15, -0.1) is 0 Å². The van der Waals surface area contributed by atoms with Gasteiger partial charge in [0.25, 0.3) is 0 Å². The molecule has 2 aliphatic heterocycles. The molecular formula is C18H28ClN5O. The van der Waals surface area contributed by atoms with E-state index in [0.29, 0.717) is 5.96 Å². The van der Waals surface area contributed by atoms with Crippen molar-refractivity contribution in [3.05, 3.63) is 29.3 Å². The average molecular weight is 366 g/mol. The van der Waals surface area contributed by atoms with Crippen molar-refractivity contribution in [1.29, 1.82) is 0 Å². The molecule has 7 heteroatoms. The SMILES string of the molecule is NC(=NCCN1CCCOCC1)N1CCN(c2ccc(Cl)cc2)CC1. The zero-order valence-corrected chi connectivity index (χ0v) is 15.5. The maximum absolute atomic E-state index is 6.20. The number of guanidine groups is 1. The lowest BCUT2D eigenvalue weighted by Gasteiger charge is -2.36. The molecule has 0 saturated carbocycles. The van der Waals surface area contributed by atoms with Crippen LogP contribution < -0.4 is 10.6 Å². The number of rotatable bonds is 4. The summed E-state index contributed by atoms with van der Waals surface area (Å²) in [6.07, 6.45) is 1.10. The number of ether oxygens (including phenoxy) is 1. The van der Waals surface area contributed by atoms with Crippen LogP contribution in [0.25, 0.3) is 0 Å². The largest absolute Gasteiger partial charge is 0.380 e. The van der Waals surface area contributed by atoms with Gasteiger partial charge in [-0.05, 0) is 30.7 Å². The summed E-state index contributed by atoms with van der Waals surface area (Å²) in [6.45, 7) is 9.18. The maximum Gasteiger partial charge on any atom is 0.191 e. The van der Waals surface area contributed by atoms with Crippen molar-refractivity contribution >= 4 is 23.2 Å². The van der Waals surface area contributed by atoms with Gasteiger partial charge in [0.15, 0.2) is 5.96 Å². The third kappa shape index (κ3) is 5.49. The Hall–Kier alpha value is -1.50. The molecule has 2 fully saturated rings. The molecule has 0 atom stereocenters. The van der Waals surface area contributed by atoms with Crippen molar-refractivity contribution in [2.24, 2.45) is 10.7 Å². The highest BCUT2D eigenvalue weighted by molar-refractivity contribution is 6.30. The Morgan fingerprint density at radius 1 is 1.04 bits per heavy atom. The van der Waals surface area contributed by atoms with Crippen molar-refractivity contribution in [3.63, 3.8) is 0 Å². The van der Waals surface area contributed by atoms with Gasteiger partial charge in [-0.3, -0.25) is 9.89 Å². The second-order valence-corrected chi connectivity index (χ2v) is 6.93. The Labute approximate surface area is 155 Å². The molecule has 1 aromatic carbocycles. The van der Waals surface area contributed by atoms with Crippen LogP contribution in [0, 0.1) is 0 Å². The predicted octanol–water partition coefficient (Wildman–Crippen LogP) is 1.50. The Balaban J connectivity index is 1.42. The molecule has 2 saturated heterocycles. The molecule has 1 aromatic rings. The van der Waals surface area contributed by atoms with E-state index in [0.717, 1.165) is 77.0 Å². The summed E-state index contributed by atoms with van der Waals surface area (Å²) in [5, 5.41) is 0.773. The molecule has 0 aromatic heterocycles. The summed E-state index contributed by atoms with van der Waals surface area (Å²) in [7, 11) is 0. The van der Waals surface area contributed by atoms with Crippen LogP contribution in [0.15, 0.2) is 29.3 Å². The van der Waals surface area contributed by atoms with Crippen LogP contribution in [0.2, 0.25) is 5.02 Å². The number of hydrogen-bond donors (Lipinski definition) is 1. The zero-order valence-electron chi connectivity index (χ0n) is 14.7. The van der Waals surface area contributed by atoms with Gasteiger partial charge in [-0.2, -0.15) is 0 Å². The first kappa shape index (κ1) is 18.3. The summed E-state index contributed by atoms with van der Waals surface area (Å²) in [5.41, 5.74) is 7.41. The van der Waals surface area contributed by atoms with Crippen LogP contribution >= 0.6 is 11.6 Å². The first-order valence-corrected chi connectivity index (χ1v) is 9.45. The molecule has 2 aliphatic rings. The maximum atomic E-state index is 6.20. The van der Waals surface area contributed by atoms with Gasteiger partial charge in [-0.1, -0.05) is 11.6 Å². The van der Waals surface area contributed by atoms with Crippen LogP contribution in [-0.2, 0) is 4.74 Å². The van der Waals surface area contributed by atoms with Crippen molar-refractivity contribution in [1.82, 2.24) is 9.80 Å². The van der Waals surface area contributed by atoms with E-state index in [1.165, 1.54) is 5.69 Å². The normalized spacial score (nSPS) is 20.6. The molecule has 0 spiro atoms. The van der Waals surface area contributed by atoms with Crippen LogP contribution in [-0.4, -0.2) is 81.3 Å². The minimum absolute atomic E-state index is 0.668. The van der Waals surface area contributed by atoms with Gasteiger partial charge in [0.05, 0.1) is 13.2 Å². The van der Waals surface area contributed by atoms with Gasteiger partial charge in [0.2, 0.25) is 0 Å². The van der Waals surface area contributed by atoms with Gasteiger partial charge in [0, 0.05) is 63.1 Å². The molecule has 6 nitrogen and oxygen atoms in total. The number of nitrogens with two attached hydrogens (primary N) is 1. The molecule has 0 bridgehead atoms. The van der Waals surface area contributed by atoms with E-state index in [1.54, 1.807) is 0 Å². The fourth-order valence-electron chi connectivity index (χ4n) is 3.27. The van der Waals surface area contributed by atoms with Crippen molar-refractivity contribution in [2.75, 3.05) is 70.5 Å². The standard InChI is InChI=1S/C18H28ClN5O/c19-16-2-4-17(5-3-16)23-9-11-24(12-10-23)18(20)21-6-8-22-7-1-14-25-15-13-22/h2-5H,1,6-15H2,(H2,20,21). The first-order valence-electron chi connectivity index (χ1n) is 9.08. The van der Waals surface area contributed by atoms with E-state index in [-0.39, 0.29) is 0 Å². The number of nitrogens with zero attached hydrogens (tertiary/aromatic N) is 4. The molecule has 3 rings (SSSR count). The molecular weight excluding hydrogens is 338 g/mol. The lowest BCUT2D eigenvalue weighted by Crippen LogP contribution is -2.51. The van der Waals surface area contributed by atoms with Crippen molar-refractivity contribution in [3.8, 4) is 0 Å². The van der Waals surface area contributed by atoms with E-state index in [4.69, 9.17) is 22.1 Å². The summed E-state index contributed by atoms with van der Waals surface area (Å²) < 4.78 is 5.48. The summed E-state index contributed by atoms with van der Waals surface area (Å²) in [6, 6.07) is 8.01. The second-order valence-electron chi connectivity index (χ2n) is 6.50. The zero-order chi connectivity index (χ0) is 17.5. The fraction of sp³-hybridized carbons (Fsp3) is 0.611. The summed E-state index contributed by atoms with van der Waals surface area (Å²) in [5.74, 6) is 0.668. The van der Waals surface area contributed by atoms with Gasteiger partial charge in [0.1, 0.15) is 0 Å². The lowest BCUT2D eigenvalue weighted by molar-refractivity contribution is 0.142. The van der Waals surface area contributed by atoms with Crippen LogP contribution in [0.1, 0.15) is 6.42 Å². The topological polar surface area (TPSA) is 57.3 Å². The van der Waals surface area contributed by atoms with Gasteiger partial charge in [-0.25, -0.2) is 0 Å². The quantitative estimate of drug-likeness (QED) is 0.647. The van der Waals surface area contributed by atoms with Crippen LogP contribution in [0.5, 0.6) is 0 Å². The number of halogens is 1. The monoisotopic (exact) mass is 365 g/mol. The van der Waals surface area contributed by atoms with E-state index < -0.39 is 0 Å². The Morgan fingerprint density at radius 2 is 1.80 bits per heavy atom. The smallest absolute Gasteiger partial charge is 0.191 e. The van der Waals surface area contributed by atoms with Gasteiger partial charge < -0.3 is 20.3 Å². The van der Waals surface area contributed by atoms with E-state index in [1.807, 2.05) is 12.1 Å². The minimum atomic E-state index is 0.668. The van der Waals surface area contributed by atoms with Crippen LogP contribution in [0.3, 0.4) is 0 Å². The number of piperazine rings is 1. The number of aliphatic imine (C=N–C) groups is 1. The molecule has 0 amide bonds. The highest BCUT2D eigenvalue weighted by Gasteiger charge is 2.18. The molecule has 138 valence electrons. The highest BCUT2D eigenvalue weighted by atomic mass is 35.5. The molecule has 0 unspecified atom stereocenters. The Kier molecular flexibility index (Phi) is 6.78. The fourth-order valence-corrected chi connectivity index (χ4v) is 3.40. The number of anilines is 1. The molecule has 2 N–H and O–H groups in total. The molecule has 0 radical (unpaired) electrons. The predicted molar refractivity (Wildman–Crippen MR) is 104 cm³/mol. The number of benzene rings is 1. The highest BCUT2D eigenvalue weighted by Crippen LogP contribution is 2.19. The molecule has 25 heavy (non-hydrogen) atoms. The Morgan fingerprint density at radius 3 is 2.56 bits per heavy atom. The van der Waals surface area contributed by atoms with Crippen molar-refractivity contribution in [2.45, 2.75) is 6.42 Å². The third-order valence-corrected chi connectivity index (χ3v) is 5.05. The van der Waals surface area contributed by atoms with Gasteiger partial charge >= 0.3 is 0 Å². The minimum Gasteiger partial charge on any atom is -0.380 e.